The SMILES string of the molecule is CC(C)=CCSc1ccc(Cl)cc1. The van der Waals surface area contributed by atoms with E-state index in [2.05, 4.69) is 19.9 Å². The number of halogens is 1. The molecule has 0 aliphatic carbocycles. The van der Waals surface area contributed by atoms with Crippen molar-refractivity contribution in [2.24, 2.45) is 0 Å². The molecule has 0 aliphatic heterocycles. The van der Waals surface area contributed by atoms with Crippen LogP contribution in [0.5, 0.6) is 0 Å². The molecule has 1 rings (SSSR count). The molecule has 0 spiro atoms. The molecule has 0 saturated carbocycles. The summed E-state index contributed by atoms with van der Waals surface area (Å²) in [6.07, 6.45) is 2.22. The second-order valence-corrected chi connectivity index (χ2v) is 4.58. The van der Waals surface area contributed by atoms with Crippen LogP contribution in [0.3, 0.4) is 0 Å². The van der Waals surface area contributed by atoms with Crippen LogP contribution in [-0.4, -0.2) is 5.75 Å². The minimum atomic E-state index is 0.798. The highest BCUT2D eigenvalue weighted by atomic mass is 35.5. The second-order valence-electron chi connectivity index (χ2n) is 3.05. The fourth-order valence-electron chi connectivity index (χ4n) is 0.835. The standard InChI is InChI=1S/C11H13ClS/c1-9(2)7-8-13-11-5-3-10(12)4-6-11/h3-7H,8H2,1-2H3. The largest absolute Gasteiger partial charge is 0.122 e. The first kappa shape index (κ1) is 10.7. The highest BCUT2D eigenvalue weighted by Crippen LogP contribution is 2.20. The lowest BCUT2D eigenvalue weighted by molar-refractivity contribution is 1.36. The van der Waals surface area contributed by atoms with Crippen molar-refractivity contribution >= 4 is 23.4 Å². The van der Waals surface area contributed by atoms with Crippen molar-refractivity contribution in [3.63, 3.8) is 0 Å². The molecular formula is C11H13ClS. The van der Waals surface area contributed by atoms with E-state index in [9.17, 15) is 0 Å². The molecule has 13 heavy (non-hydrogen) atoms. The van der Waals surface area contributed by atoms with Gasteiger partial charge in [-0.15, -0.1) is 11.8 Å². The Balaban J connectivity index is 2.46. The van der Waals surface area contributed by atoms with Gasteiger partial charge in [-0.1, -0.05) is 23.3 Å². The van der Waals surface area contributed by atoms with Crippen LogP contribution in [0.1, 0.15) is 13.8 Å². The molecule has 1 aromatic rings. The van der Waals surface area contributed by atoms with Gasteiger partial charge in [0.15, 0.2) is 0 Å². The van der Waals surface area contributed by atoms with Crippen molar-refractivity contribution in [3.8, 4) is 0 Å². The molecule has 0 radical (unpaired) electrons. The molecule has 0 bridgehead atoms. The lowest BCUT2D eigenvalue weighted by Gasteiger charge is -1.98. The van der Waals surface area contributed by atoms with Gasteiger partial charge in [0.1, 0.15) is 0 Å². The maximum Gasteiger partial charge on any atom is 0.0406 e. The van der Waals surface area contributed by atoms with Crippen LogP contribution in [-0.2, 0) is 0 Å². The van der Waals surface area contributed by atoms with Gasteiger partial charge < -0.3 is 0 Å². The Morgan fingerprint density at radius 2 is 1.92 bits per heavy atom. The first-order valence-corrected chi connectivity index (χ1v) is 5.56. The molecule has 0 amide bonds. The first-order chi connectivity index (χ1) is 6.18. The fraction of sp³-hybridized carbons (Fsp3) is 0.273. The van der Waals surface area contributed by atoms with Gasteiger partial charge in [0.2, 0.25) is 0 Å². The topological polar surface area (TPSA) is 0 Å². The quantitative estimate of drug-likeness (QED) is 0.529. The van der Waals surface area contributed by atoms with Gasteiger partial charge in [-0.05, 0) is 38.1 Å². The zero-order chi connectivity index (χ0) is 9.68. The summed E-state index contributed by atoms with van der Waals surface area (Å²) < 4.78 is 0. The Morgan fingerprint density at radius 3 is 2.46 bits per heavy atom. The van der Waals surface area contributed by atoms with Crippen molar-refractivity contribution < 1.29 is 0 Å². The van der Waals surface area contributed by atoms with Gasteiger partial charge in [0.05, 0.1) is 0 Å². The van der Waals surface area contributed by atoms with E-state index >= 15 is 0 Å². The van der Waals surface area contributed by atoms with E-state index in [1.165, 1.54) is 10.5 Å². The molecule has 0 aromatic heterocycles. The Bertz CT molecular complexity index is 283. The molecule has 0 unspecified atom stereocenters. The molecule has 0 saturated heterocycles. The lowest BCUT2D eigenvalue weighted by Crippen LogP contribution is -1.75. The number of hydrogen-bond donors (Lipinski definition) is 0. The minimum Gasteiger partial charge on any atom is -0.122 e. The van der Waals surface area contributed by atoms with Gasteiger partial charge in [0, 0.05) is 15.7 Å². The molecule has 0 fully saturated rings. The first-order valence-electron chi connectivity index (χ1n) is 4.20. The highest BCUT2D eigenvalue weighted by molar-refractivity contribution is 7.99. The molecule has 0 nitrogen and oxygen atoms in total. The van der Waals surface area contributed by atoms with Gasteiger partial charge >= 0.3 is 0 Å². The summed E-state index contributed by atoms with van der Waals surface area (Å²) in [4.78, 5) is 1.27. The predicted octanol–water partition coefficient (Wildman–Crippen LogP) is 4.40. The van der Waals surface area contributed by atoms with Crippen molar-refractivity contribution in [2.75, 3.05) is 5.75 Å². The van der Waals surface area contributed by atoms with Gasteiger partial charge in [-0.2, -0.15) is 0 Å². The van der Waals surface area contributed by atoms with Crippen LogP contribution in [0.2, 0.25) is 5.02 Å². The zero-order valence-corrected chi connectivity index (χ0v) is 9.45. The van der Waals surface area contributed by atoms with Crippen molar-refractivity contribution in [2.45, 2.75) is 18.7 Å². The van der Waals surface area contributed by atoms with Crippen molar-refractivity contribution in [1.82, 2.24) is 0 Å². The van der Waals surface area contributed by atoms with E-state index in [0.29, 0.717) is 0 Å². The average Bonchev–Trinajstić information content (AvgIpc) is 2.08. The third-order valence-electron chi connectivity index (χ3n) is 1.56. The summed E-state index contributed by atoms with van der Waals surface area (Å²) in [7, 11) is 0. The number of allylic oxidation sites excluding steroid dienone is 1. The molecule has 0 aliphatic rings. The maximum atomic E-state index is 5.77. The summed E-state index contributed by atoms with van der Waals surface area (Å²) in [5.74, 6) is 1.03. The third kappa shape index (κ3) is 4.39. The number of benzene rings is 1. The minimum absolute atomic E-state index is 0.798. The Kier molecular flexibility index (Phi) is 4.40. The van der Waals surface area contributed by atoms with E-state index < -0.39 is 0 Å². The van der Waals surface area contributed by atoms with Gasteiger partial charge in [-0.25, -0.2) is 0 Å². The zero-order valence-electron chi connectivity index (χ0n) is 7.88. The van der Waals surface area contributed by atoms with Crippen LogP contribution in [0.15, 0.2) is 40.8 Å². The monoisotopic (exact) mass is 212 g/mol. The third-order valence-corrected chi connectivity index (χ3v) is 2.75. The van der Waals surface area contributed by atoms with Gasteiger partial charge in [0.25, 0.3) is 0 Å². The van der Waals surface area contributed by atoms with E-state index in [4.69, 9.17) is 11.6 Å². The van der Waals surface area contributed by atoms with E-state index in [0.717, 1.165) is 10.8 Å². The summed E-state index contributed by atoms with van der Waals surface area (Å²) in [5.41, 5.74) is 1.36. The van der Waals surface area contributed by atoms with Crippen molar-refractivity contribution in [1.29, 1.82) is 0 Å². The summed E-state index contributed by atoms with van der Waals surface area (Å²) in [6.45, 7) is 4.23. The molecule has 0 heterocycles. The highest BCUT2D eigenvalue weighted by Gasteiger charge is 1.91. The molecule has 1 aromatic carbocycles. The Morgan fingerprint density at radius 1 is 1.31 bits per heavy atom. The van der Waals surface area contributed by atoms with E-state index in [1.54, 1.807) is 0 Å². The van der Waals surface area contributed by atoms with Crippen LogP contribution >= 0.6 is 23.4 Å². The average molecular weight is 213 g/mol. The molecular weight excluding hydrogens is 200 g/mol. The van der Waals surface area contributed by atoms with Gasteiger partial charge in [-0.3, -0.25) is 0 Å². The second kappa shape index (κ2) is 5.36. The fourth-order valence-corrected chi connectivity index (χ4v) is 1.90. The summed E-state index contributed by atoms with van der Waals surface area (Å²) in [5, 5.41) is 0.798. The number of hydrogen-bond acceptors (Lipinski definition) is 1. The van der Waals surface area contributed by atoms with E-state index in [-0.39, 0.29) is 0 Å². The summed E-state index contributed by atoms with van der Waals surface area (Å²) >= 11 is 7.60. The molecule has 0 N–H and O–H groups in total. The molecule has 2 heteroatoms. The van der Waals surface area contributed by atoms with Crippen LogP contribution in [0.4, 0.5) is 0 Å². The molecule has 0 atom stereocenters. The number of thioether (sulfide) groups is 1. The Labute approximate surface area is 89.0 Å². The van der Waals surface area contributed by atoms with Crippen LogP contribution < -0.4 is 0 Å². The van der Waals surface area contributed by atoms with Crippen molar-refractivity contribution in [3.05, 3.63) is 40.9 Å². The smallest absolute Gasteiger partial charge is 0.0406 e. The Hall–Kier alpha value is -0.400. The maximum absolute atomic E-state index is 5.77. The lowest BCUT2D eigenvalue weighted by atomic mass is 10.3. The predicted molar refractivity (Wildman–Crippen MR) is 61.6 cm³/mol. The van der Waals surface area contributed by atoms with Crippen LogP contribution in [0.25, 0.3) is 0 Å². The van der Waals surface area contributed by atoms with E-state index in [1.807, 2.05) is 36.0 Å². The summed E-state index contributed by atoms with van der Waals surface area (Å²) in [6, 6.07) is 7.94. The molecule has 70 valence electrons. The number of rotatable bonds is 3. The van der Waals surface area contributed by atoms with Crippen LogP contribution in [0, 0.1) is 0 Å². The normalized spacial score (nSPS) is 9.77.